The molecular weight excluding hydrogens is 413 g/mol. The van der Waals surface area contributed by atoms with Crippen LogP contribution >= 0.6 is 23.4 Å². The number of thioether (sulfide) groups is 1. The zero-order valence-corrected chi connectivity index (χ0v) is 15.5. The lowest BCUT2D eigenvalue weighted by molar-refractivity contribution is -0.137. The van der Waals surface area contributed by atoms with Crippen molar-refractivity contribution in [2.45, 2.75) is 11.4 Å². The highest BCUT2D eigenvalue weighted by molar-refractivity contribution is 8.15. The maximum Gasteiger partial charge on any atom is 0.416 e. The molecule has 4 rings (SSSR count). The fraction of sp³-hybridized carbons (Fsp3) is 0.105. The van der Waals surface area contributed by atoms with Gasteiger partial charge < -0.3 is 0 Å². The van der Waals surface area contributed by atoms with Gasteiger partial charge in [-0.15, -0.1) is 0 Å². The van der Waals surface area contributed by atoms with Crippen LogP contribution in [0, 0.1) is 0 Å². The smallest absolute Gasteiger partial charge is 0.272 e. The van der Waals surface area contributed by atoms with Crippen molar-refractivity contribution in [3.05, 3.63) is 76.5 Å². The second kappa shape index (κ2) is 6.79. The predicted molar refractivity (Wildman–Crippen MR) is 101 cm³/mol. The molecule has 9 heteroatoms. The van der Waals surface area contributed by atoms with Crippen molar-refractivity contribution >= 4 is 45.9 Å². The molecular formula is C19H10ClF3N2O2S. The normalized spacial score (nSPS) is 19.4. The molecule has 1 saturated heterocycles. The Bertz CT molecular complexity index is 1050. The third-order valence-corrected chi connectivity index (χ3v) is 5.76. The molecule has 2 amide bonds. The summed E-state index contributed by atoms with van der Waals surface area (Å²) in [6.45, 7) is 0. The van der Waals surface area contributed by atoms with Crippen molar-refractivity contribution in [3.63, 3.8) is 0 Å². The summed E-state index contributed by atoms with van der Waals surface area (Å²) in [6, 6.07) is 11.0. The van der Waals surface area contributed by atoms with Gasteiger partial charge in [0.2, 0.25) is 0 Å². The number of hydrogen-bond acceptors (Lipinski definition) is 4. The number of amides is 2. The minimum Gasteiger partial charge on any atom is -0.272 e. The third-order valence-electron chi connectivity index (χ3n) is 4.25. The number of aliphatic imine (C=N–C) groups is 1. The van der Waals surface area contributed by atoms with Crippen molar-refractivity contribution < 1.29 is 22.8 Å². The average Bonchev–Trinajstić information content (AvgIpc) is 2.92. The number of nitrogens with zero attached hydrogens (tertiary/aromatic N) is 2. The summed E-state index contributed by atoms with van der Waals surface area (Å²) >= 11 is 6.96. The second-order valence-electron chi connectivity index (χ2n) is 6.05. The summed E-state index contributed by atoms with van der Waals surface area (Å²) in [6.07, 6.45) is -3.27. The Hall–Kier alpha value is -2.58. The highest BCUT2D eigenvalue weighted by atomic mass is 35.5. The van der Waals surface area contributed by atoms with Crippen LogP contribution in [0.15, 0.2) is 65.3 Å². The quantitative estimate of drug-likeness (QED) is 0.660. The Kier molecular flexibility index (Phi) is 4.55. The average molecular weight is 423 g/mol. The molecule has 1 atom stereocenters. The summed E-state index contributed by atoms with van der Waals surface area (Å²) in [5.41, 5.74) is -0.179. The number of benzene rings is 2. The molecule has 0 unspecified atom stereocenters. The zero-order chi connectivity index (χ0) is 20.1. The highest BCUT2D eigenvalue weighted by Crippen LogP contribution is 2.39. The highest BCUT2D eigenvalue weighted by Gasteiger charge is 2.47. The van der Waals surface area contributed by atoms with Crippen molar-refractivity contribution in [2.75, 3.05) is 4.90 Å². The molecule has 2 aromatic rings. The predicted octanol–water partition coefficient (Wildman–Crippen LogP) is 4.68. The Balaban J connectivity index is 1.65. The number of imide groups is 1. The number of alkyl halides is 3. The molecule has 0 aromatic heterocycles. The molecule has 28 heavy (non-hydrogen) atoms. The van der Waals surface area contributed by atoms with Crippen LogP contribution in [0.5, 0.6) is 0 Å². The topological polar surface area (TPSA) is 49.7 Å². The van der Waals surface area contributed by atoms with E-state index in [4.69, 9.17) is 11.6 Å². The van der Waals surface area contributed by atoms with E-state index in [9.17, 15) is 22.8 Å². The van der Waals surface area contributed by atoms with Gasteiger partial charge in [-0.1, -0.05) is 41.6 Å². The molecule has 0 aliphatic carbocycles. The summed E-state index contributed by atoms with van der Waals surface area (Å²) in [7, 11) is 0. The lowest BCUT2D eigenvalue weighted by Crippen LogP contribution is -2.31. The molecule has 2 aromatic carbocycles. The van der Waals surface area contributed by atoms with Gasteiger partial charge in [0.05, 0.1) is 16.8 Å². The first-order valence-corrected chi connectivity index (χ1v) is 9.27. The summed E-state index contributed by atoms with van der Waals surface area (Å²) in [5.74, 6) is -1.26. The lowest BCUT2D eigenvalue weighted by Gasteiger charge is -2.16. The molecule has 0 saturated carbocycles. The van der Waals surface area contributed by atoms with Crippen LogP contribution in [0.1, 0.15) is 11.1 Å². The lowest BCUT2D eigenvalue weighted by atomic mass is 10.2. The Morgan fingerprint density at radius 1 is 1.07 bits per heavy atom. The van der Waals surface area contributed by atoms with Crippen LogP contribution in [-0.2, 0) is 15.8 Å². The van der Waals surface area contributed by atoms with E-state index in [1.807, 2.05) is 0 Å². The monoisotopic (exact) mass is 422 g/mol. The minimum atomic E-state index is -4.58. The van der Waals surface area contributed by atoms with E-state index in [1.165, 1.54) is 12.3 Å². The fourth-order valence-corrected chi connectivity index (χ4v) is 4.13. The Morgan fingerprint density at radius 2 is 1.79 bits per heavy atom. The Morgan fingerprint density at radius 3 is 2.46 bits per heavy atom. The maximum atomic E-state index is 13.0. The minimum absolute atomic E-state index is 0.117. The van der Waals surface area contributed by atoms with Gasteiger partial charge in [-0.3, -0.25) is 9.59 Å². The standard InChI is InChI=1S/C19H10ClF3N2O2S/c20-12-6-4-10(5-7-12)16-24-9-14-15(28-16)18(27)25(17(14)26)13-3-1-2-11(8-13)19(21,22)23/h1-9,15H/t15-/m0/s1. The van der Waals surface area contributed by atoms with Crippen molar-refractivity contribution in [1.29, 1.82) is 0 Å². The van der Waals surface area contributed by atoms with E-state index in [0.29, 0.717) is 10.1 Å². The van der Waals surface area contributed by atoms with Gasteiger partial charge in [-0.2, -0.15) is 13.2 Å². The number of fused-ring (bicyclic) bond motifs is 1. The van der Waals surface area contributed by atoms with Gasteiger partial charge in [-0.05, 0) is 30.3 Å². The summed E-state index contributed by atoms with van der Waals surface area (Å²) in [4.78, 5) is 30.5. The van der Waals surface area contributed by atoms with Gasteiger partial charge in [0.25, 0.3) is 11.8 Å². The van der Waals surface area contributed by atoms with E-state index in [1.54, 1.807) is 24.3 Å². The van der Waals surface area contributed by atoms with Gasteiger partial charge in [0.15, 0.2) is 0 Å². The molecule has 1 fully saturated rings. The fourth-order valence-electron chi connectivity index (χ4n) is 2.90. The number of hydrogen-bond donors (Lipinski definition) is 0. The number of carbonyl (C=O) groups is 2. The van der Waals surface area contributed by atoms with Gasteiger partial charge in [0.1, 0.15) is 10.3 Å². The van der Waals surface area contributed by atoms with Crippen LogP contribution < -0.4 is 4.90 Å². The Labute approximate surface area is 166 Å². The van der Waals surface area contributed by atoms with Gasteiger partial charge in [0, 0.05) is 16.8 Å². The second-order valence-corrected chi connectivity index (χ2v) is 7.58. The third kappa shape index (κ3) is 3.22. The zero-order valence-electron chi connectivity index (χ0n) is 13.9. The van der Waals surface area contributed by atoms with Gasteiger partial charge >= 0.3 is 6.18 Å². The van der Waals surface area contributed by atoms with Crippen molar-refractivity contribution in [3.8, 4) is 0 Å². The number of carbonyl (C=O) groups excluding carboxylic acids is 2. The molecule has 0 spiro atoms. The molecule has 0 bridgehead atoms. The van der Waals surface area contributed by atoms with Crippen molar-refractivity contribution in [2.24, 2.45) is 4.99 Å². The van der Waals surface area contributed by atoms with E-state index in [-0.39, 0.29) is 11.3 Å². The molecule has 142 valence electrons. The van der Waals surface area contributed by atoms with E-state index < -0.39 is 28.8 Å². The van der Waals surface area contributed by atoms with Crippen LogP contribution in [0.3, 0.4) is 0 Å². The van der Waals surface area contributed by atoms with Crippen LogP contribution in [0.2, 0.25) is 5.02 Å². The van der Waals surface area contributed by atoms with Crippen LogP contribution in [-0.4, -0.2) is 22.1 Å². The van der Waals surface area contributed by atoms with E-state index in [0.717, 1.165) is 40.4 Å². The molecule has 0 N–H and O–H groups in total. The number of halogens is 4. The van der Waals surface area contributed by atoms with E-state index >= 15 is 0 Å². The first-order chi connectivity index (χ1) is 13.3. The first-order valence-electron chi connectivity index (χ1n) is 8.02. The molecule has 2 aliphatic rings. The summed E-state index contributed by atoms with van der Waals surface area (Å²) in [5, 5.41) is 0.215. The van der Waals surface area contributed by atoms with Crippen molar-refractivity contribution in [1.82, 2.24) is 0 Å². The molecule has 2 heterocycles. The number of rotatable bonds is 2. The molecule has 4 nitrogen and oxygen atoms in total. The van der Waals surface area contributed by atoms with Gasteiger partial charge in [-0.25, -0.2) is 9.89 Å². The largest absolute Gasteiger partial charge is 0.416 e. The van der Waals surface area contributed by atoms with E-state index in [2.05, 4.69) is 4.99 Å². The first kappa shape index (κ1) is 18.8. The summed E-state index contributed by atoms with van der Waals surface area (Å²) < 4.78 is 38.9. The SMILES string of the molecule is O=C1C2=CN=C(c3ccc(Cl)cc3)S[C@@H]2C(=O)N1c1cccc(C(F)(F)F)c1. The van der Waals surface area contributed by atoms with Crippen LogP contribution in [0.25, 0.3) is 0 Å². The number of anilines is 1. The van der Waals surface area contributed by atoms with Crippen LogP contribution in [0.4, 0.5) is 18.9 Å². The maximum absolute atomic E-state index is 13.0. The molecule has 2 aliphatic heterocycles. The molecule has 0 radical (unpaired) electrons.